The van der Waals surface area contributed by atoms with Gasteiger partial charge in [-0.05, 0) is 53.8 Å². The molecule has 0 aromatic heterocycles. The zero-order valence-corrected chi connectivity index (χ0v) is 15.0. The number of anilines is 1. The SMILES string of the molecule is COc1cc(C)c(CC(=O)Nc2ccc(C(C)C)cc2)cc1OC. The third kappa shape index (κ3) is 4.28. The van der Waals surface area contributed by atoms with Gasteiger partial charge in [-0.1, -0.05) is 26.0 Å². The molecule has 0 saturated heterocycles. The van der Waals surface area contributed by atoms with Crippen molar-refractivity contribution in [3.63, 3.8) is 0 Å². The van der Waals surface area contributed by atoms with Crippen LogP contribution < -0.4 is 14.8 Å². The van der Waals surface area contributed by atoms with Crippen molar-refractivity contribution in [1.82, 2.24) is 0 Å². The van der Waals surface area contributed by atoms with E-state index in [4.69, 9.17) is 9.47 Å². The largest absolute Gasteiger partial charge is 0.493 e. The lowest BCUT2D eigenvalue weighted by Gasteiger charge is -2.13. The van der Waals surface area contributed by atoms with Gasteiger partial charge in [0.05, 0.1) is 20.6 Å². The monoisotopic (exact) mass is 327 g/mol. The van der Waals surface area contributed by atoms with E-state index in [1.165, 1.54) is 5.56 Å². The van der Waals surface area contributed by atoms with E-state index in [1.54, 1.807) is 14.2 Å². The summed E-state index contributed by atoms with van der Waals surface area (Å²) in [5.74, 6) is 1.72. The fourth-order valence-electron chi connectivity index (χ4n) is 2.54. The molecule has 0 saturated carbocycles. The number of hydrogen-bond donors (Lipinski definition) is 1. The average molecular weight is 327 g/mol. The molecule has 2 aromatic carbocycles. The number of nitrogens with one attached hydrogen (secondary N) is 1. The van der Waals surface area contributed by atoms with E-state index >= 15 is 0 Å². The second kappa shape index (κ2) is 7.86. The van der Waals surface area contributed by atoms with Gasteiger partial charge in [-0.25, -0.2) is 0 Å². The second-order valence-corrected chi connectivity index (χ2v) is 6.14. The van der Waals surface area contributed by atoms with Crippen molar-refractivity contribution >= 4 is 11.6 Å². The molecule has 0 radical (unpaired) electrons. The first-order chi connectivity index (χ1) is 11.4. The van der Waals surface area contributed by atoms with Crippen LogP contribution in [0.4, 0.5) is 5.69 Å². The molecule has 0 spiro atoms. The Kier molecular flexibility index (Phi) is 5.85. The van der Waals surface area contributed by atoms with Crippen LogP contribution in [0.1, 0.15) is 36.5 Å². The van der Waals surface area contributed by atoms with Crippen LogP contribution in [0, 0.1) is 6.92 Å². The molecule has 1 amide bonds. The summed E-state index contributed by atoms with van der Waals surface area (Å²) in [6.45, 7) is 6.25. The molecule has 4 heteroatoms. The quantitative estimate of drug-likeness (QED) is 0.859. The number of methoxy groups -OCH3 is 2. The van der Waals surface area contributed by atoms with Gasteiger partial charge >= 0.3 is 0 Å². The van der Waals surface area contributed by atoms with Crippen LogP contribution >= 0.6 is 0 Å². The van der Waals surface area contributed by atoms with Crippen LogP contribution in [-0.4, -0.2) is 20.1 Å². The lowest BCUT2D eigenvalue weighted by molar-refractivity contribution is -0.115. The van der Waals surface area contributed by atoms with Gasteiger partial charge < -0.3 is 14.8 Å². The van der Waals surface area contributed by atoms with E-state index in [0.29, 0.717) is 17.4 Å². The minimum absolute atomic E-state index is 0.0531. The number of ether oxygens (including phenoxy) is 2. The van der Waals surface area contributed by atoms with Gasteiger partial charge in [0.25, 0.3) is 0 Å². The van der Waals surface area contributed by atoms with Crippen molar-refractivity contribution in [2.75, 3.05) is 19.5 Å². The first kappa shape index (κ1) is 17.9. The van der Waals surface area contributed by atoms with E-state index in [9.17, 15) is 4.79 Å². The highest BCUT2D eigenvalue weighted by Gasteiger charge is 2.12. The van der Waals surface area contributed by atoms with E-state index in [0.717, 1.165) is 16.8 Å². The molecule has 0 aliphatic heterocycles. The maximum Gasteiger partial charge on any atom is 0.228 e. The van der Waals surface area contributed by atoms with E-state index in [-0.39, 0.29) is 12.3 Å². The van der Waals surface area contributed by atoms with Crippen LogP contribution in [0.25, 0.3) is 0 Å². The van der Waals surface area contributed by atoms with E-state index in [1.807, 2.05) is 43.3 Å². The lowest BCUT2D eigenvalue weighted by atomic mass is 10.0. The summed E-state index contributed by atoms with van der Waals surface area (Å²) in [4.78, 5) is 12.3. The Balaban J connectivity index is 2.09. The summed E-state index contributed by atoms with van der Waals surface area (Å²) in [5, 5.41) is 2.94. The molecule has 0 fully saturated rings. The van der Waals surface area contributed by atoms with Crippen LogP contribution in [-0.2, 0) is 11.2 Å². The maximum atomic E-state index is 12.3. The Labute approximate surface area is 143 Å². The minimum atomic E-state index is -0.0531. The summed E-state index contributed by atoms with van der Waals surface area (Å²) >= 11 is 0. The van der Waals surface area contributed by atoms with Gasteiger partial charge in [0, 0.05) is 5.69 Å². The highest BCUT2D eigenvalue weighted by molar-refractivity contribution is 5.92. The van der Waals surface area contributed by atoms with E-state index < -0.39 is 0 Å². The number of carbonyl (C=O) groups is 1. The summed E-state index contributed by atoms with van der Waals surface area (Å²) in [6, 6.07) is 11.7. The number of hydrogen-bond acceptors (Lipinski definition) is 3. The Morgan fingerprint density at radius 1 is 1.04 bits per heavy atom. The molecule has 0 bridgehead atoms. The number of aryl methyl sites for hydroxylation is 1. The van der Waals surface area contributed by atoms with Crippen LogP contribution in [0.15, 0.2) is 36.4 Å². The average Bonchev–Trinajstić information content (AvgIpc) is 2.56. The van der Waals surface area contributed by atoms with Crippen molar-refractivity contribution < 1.29 is 14.3 Å². The normalized spacial score (nSPS) is 10.6. The Morgan fingerprint density at radius 3 is 2.17 bits per heavy atom. The Hall–Kier alpha value is -2.49. The number of rotatable bonds is 6. The molecule has 1 N–H and O–H groups in total. The van der Waals surface area contributed by atoms with Crippen LogP contribution in [0.3, 0.4) is 0 Å². The van der Waals surface area contributed by atoms with Gasteiger partial charge in [0.15, 0.2) is 11.5 Å². The second-order valence-electron chi connectivity index (χ2n) is 6.14. The molecule has 0 atom stereocenters. The molecule has 2 aromatic rings. The maximum absolute atomic E-state index is 12.3. The Bertz CT molecular complexity index is 706. The predicted octanol–water partition coefficient (Wildman–Crippen LogP) is 4.32. The molecule has 4 nitrogen and oxygen atoms in total. The van der Waals surface area contributed by atoms with Gasteiger partial charge in [0.1, 0.15) is 0 Å². The minimum Gasteiger partial charge on any atom is -0.493 e. The van der Waals surface area contributed by atoms with Gasteiger partial charge in [-0.15, -0.1) is 0 Å². The zero-order chi connectivity index (χ0) is 17.7. The third-order valence-corrected chi connectivity index (χ3v) is 4.05. The lowest BCUT2D eigenvalue weighted by Crippen LogP contribution is -2.15. The highest BCUT2D eigenvalue weighted by atomic mass is 16.5. The molecule has 0 unspecified atom stereocenters. The molecular weight excluding hydrogens is 302 g/mol. The molecule has 128 valence electrons. The van der Waals surface area contributed by atoms with Crippen molar-refractivity contribution in [3.8, 4) is 11.5 Å². The first-order valence-electron chi connectivity index (χ1n) is 8.06. The summed E-state index contributed by atoms with van der Waals surface area (Å²) in [5.41, 5.74) is 3.98. The molecule has 24 heavy (non-hydrogen) atoms. The fraction of sp³-hybridized carbons (Fsp3) is 0.350. The van der Waals surface area contributed by atoms with Gasteiger partial charge in [-0.3, -0.25) is 4.79 Å². The molecule has 0 aliphatic carbocycles. The predicted molar refractivity (Wildman–Crippen MR) is 97.1 cm³/mol. The van der Waals surface area contributed by atoms with Crippen LogP contribution in [0.5, 0.6) is 11.5 Å². The number of benzene rings is 2. The first-order valence-corrected chi connectivity index (χ1v) is 8.06. The van der Waals surface area contributed by atoms with Gasteiger partial charge in [0.2, 0.25) is 5.91 Å². The van der Waals surface area contributed by atoms with Gasteiger partial charge in [-0.2, -0.15) is 0 Å². The van der Waals surface area contributed by atoms with Crippen molar-refractivity contribution in [3.05, 3.63) is 53.1 Å². The highest BCUT2D eigenvalue weighted by Crippen LogP contribution is 2.30. The van der Waals surface area contributed by atoms with Crippen LogP contribution in [0.2, 0.25) is 0 Å². The summed E-state index contributed by atoms with van der Waals surface area (Å²) < 4.78 is 10.6. The molecule has 0 aliphatic rings. The number of amides is 1. The van der Waals surface area contributed by atoms with Crippen molar-refractivity contribution in [1.29, 1.82) is 0 Å². The molecule has 0 heterocycles. The molecular formula is C20H25NO3. The number of carbonyl (C=O) groups excluding carboxylic acids is 1. The summed E-state index contributed by atoms with van der Waals surface area (Å²) in [7, 11) is 3.19. The third-order valence-electron chi connectivity index (χ3n) is 4.05. The Morgan fingerprint density at radius 2 is 1.62 bits per heavy atom. The smallest absolute Gasteiger partial charge is 0.228 e. The fourth-order valence-corrected chi connectivity index (χ4v) is 2.54. The standard InChI is InChI=1S/C20H25NO3/c1-13(2)15-6-8-17(9-7-15)21-20(22)12-16-11-19(24-5)18(23-4)10-14(16)3/h6-11,13H,12H2,1-5H3,(H,21,22). The van der Waals surface area contributed by atoms with Crippen molar-refractivity contribution in [2.45, 2.75) is 33.1 Å². The summed E-state index contributed by atoms with van der Waals surface area (Å²) in [6.07, 6.45) is 0.290. The topological polar surface area (TPSA) is 47.6 Å². The molecule has 2 rings (SSSR count). The van der Waals surface area contributed by atoms with Crippen molar-refractivity contribution in [2.24, 2.45) is 0 Å². The zero-order valence-electron chi connectivity index (χ0n) is 15.0. The van der Waals surface area contributed by atoms with E-state index in [2.05, 4.69) is 19.2 Å².